The quantitative estimate of drug-likeness (QED) is 0.820. The third-order valence-electron chi connectivity index (χ3n) is 4.96. The Morgan fingerprint density at radius 3 is 2.20 bits per heavy atom. The number of amides is 1. The fraction of sp³-hybridized carbons (Fsp3) is 0.333. The number of hydrogen-bond acceptors (Lipinski definition) is 3. The van der Waals surface area contributed by atoms with E-state index in [4.69, 9.17) is 0 Å². The number of carbonyl (C=O) groups excluding carboxylic acids is 1. The van der Waals surface area contributed by atoms with Crippen LogP contribution < -0.4 is 5.43 Å². The molecule has 2 aromatic rings. The molecule has 2 aromatic carbocycles. The molecule has 4 nitrogen and oxygen atoms in total. The molecule has 1 aliphatic carbocycles. The highest BCUT2D eigenvalue weighted by atomic mass is 16.3. The van der Waals surface area contributed by atoms with E-state index in [2.05, 4.69) is 17.5 Å². The Kier molecular flexibility index (Phi) is 5.29. The molecule has 1 aliphatic rings. The molecule has 0 saturated heterocycles. The zero-order chi connectivity index (χ0) is 17.7. The first-order chi connectivity index (χ1) is 12.2. The van der Waals surface area contributed by atoms with Crippen molar-refractivity contribution in [1.82, 2.24) is 5.43 Å². The zero-order valence-electron chi connectivity index (χ0n) is 14.5. The van der Waals surface area contributed by atoms with Gasteiger partial charge in [0.1, 0.15) is 0 Å². The van der Waals surface area contributed by atoms with Crippen LogP contribution in [0.5, 0.6) is 0 Å². The highest BCUT2D eigenvalue weighted by Gasteiger charge is 2.40. The van der Waals surface area contributed by atoms with Gasteiger partial charge in [0.2, 0.25) is 0 Å². The molecule has 0 spiro atoms. The Hall–Kier alpha value is -2.46. The average molecular weight is 336 g/mol. The van der Waals surface area contributed by atoms with E-state index in [1.165, 1.54) is 0 Å². The average Bonchev–Trinajstić information content (AvgIpc) is 3.14. The van der Waals surface area contributed by atoms with Crippen LogP contribution >= 0.6 is 0 Å². The van der Waals surface area contributed by atoms with E-state index in [9.17, 15) is 9.90 Å². The number of aliphatic hydroxyl groups is 1. The van der Waals surface area contributed by atoms with Crippen LogP contribution in [0, 0.1) is 5.92 Å². The molecule has 2 N–H and O–H groups in total. The smallest absolute Gasteiger partial charge is 0.281 e. The van der Waals surface area contributed by atoms with Gasteiger partial charge in [-0.15, -0.1) is 0 Å². The summed E-state index contributed by atoms with van der Waals surface area (Å²) >= 11 is 0. The van der Waals surface area contributed by atoms with Gasteiger partial charge in [0.05, 0.1) is 0 Å². The van der Waals surface area contributed by atoms with Crippen molar-refractivity contribution in [2.45, 2.75) is 38.2 Å². The van der Waals surface area contributed by atoms with Crippen LogP contribution in [0.4, 0.5) is 0 Å². The highest BCUT2D eigenvalue weighted by molar-refractivity contribution is 5.93. The number of nitrogens with one attached hydrogen (secondary N) is 1. The van der Waals surface area contributed by atoms with Gasteiger partial charge in [-0.1, -0.05) is 67.6 Å². The predicted molar refractivity (Wildman–Crippen MR) is 99.1 cm³/mol. The van der Waals surface area contributed by atoms with Crippen molar-refractivity contribution in [3.05, 3.63) is 71.8 Å². The van der Waals surface area contributed by atoms with E-state index >= 15 is 0 Å². The molecule has 0 radical (unpaired) electrons. The monoisotopic (exact) mass is 336 g/mol. The van der Waals surface area contributed by atoms with E-state index < -0.39 is 11.5 Å². The van der Waals surface area contributed by atoms with Gasteiger partial charge in [0, 0.05) is 5.71 Å². The number of rotatable bonds is 5. The molecule has 0 heterocycles. The van der Waals surface area contributed by atoms with Crippen LogP contribution in [-0.4, -0.2) is 16.7 Å². The Morgan fingerprint density at radius 2 is 1.68 bits per heavy atom. The fourth-order valence-electron chi connectivity index (χ4n) is 3.48. The largest absolute Gasteiger partial charge is 0.372 e. The summed E-state index contributed by atoms with van der Waals surface area (Å²) in [4.78, 5) is 12.9. The minimum Gasteiger partial charge on any atom is -0.372 e. The summed E-state index contributed by atoms with van der Waals surface area (Å²) in [6.07, 6.45) is 4.16. The molecule has 1 fully saturated rings. The van der Waals surface area contributed by atoms with Crippen molar-refractivity contribution < 1.29 is 9.90 Å². The van der Waals surface area contributed by atoms with Crippen LogP contribution in [0.15, 0.2) is 65.8 Å². The number of hydrazone groups is 1. The van der Waals surface area contributed by atoms with E-state index in [1.54, 1.807) is 24.3 Å². The molecule has 130 valence electrons. The summed E-state index contributed by atoms with van der Waals surface area (Å²) in [6.45, 7) is 2.14. The van der Waals surface area contributed by atoms with E-state index in [1.807, 2.05) is 36.4 Å². The molecule has 3 rings (SSSR count). The lowest BCUT2D eigenvalue weighted by Crippen LogP contribution is -2.44. The summed E-state index contributed by atoms with van der Waals surface area (Å²) in [5.41, 5.74) is 2.93. The van der Waals surface area contributed by atoms with Crippen LogP contribution in [0.3, 0.4) is 0 Å². The van der Waals surface area contributed by atoms with Crippen molar-refractivity contribution in [3.8, 4) is 0 Å². The molecular weight excluding hydrogens is 312 g/mol. The Balaban J connectivity index is 1.93. The first-order valence-electron chi connectivity index (χ1n) is 8.86. The summed E-state index contributed by atoms with van der Waals surface area (Å²) in [5, 5.41) is 15.7. The SMILES string of the molecule is CC[C@@H]1CCC/C1=N/NC(=O)C(O)(c1ccccc1)c1ccccc1. The third kappa shape index (κ3) is 3.49. The predicted octanol–water partition coefficient (Wildman–Crippen LogP) is 3.60. The lowest BCUT2D eigenvalue weighted by Gasteiger charge is -2.27. The summed E-state index contributed by atoms with van der Waals surface area (Å²) in [6, 6.07) is 18.0. The molecule has 4 heteroatoms. The minimum absolute atomic E-state index is 0.432. The number of hydrogen-bond donors (Lipinski definition) is 2. The molecular formula is C21H24N2O2. The molecule has 0 unspecified atom stereocenters. The van der Waals surface area contributed by atoms with Gasteiger partial charge in [-0.2, -0.15) is 5.10 Å². The standard InChI is InChI=1S/C21H24N2O2/c1-2-16-10-9-15-19(16)22-23-20(24)21(25,17-11-5-3-6-12-17)18-13-7-4-8-14-18/h3-8,11-14,16,25H,2,9-10,15H2,1H3,(H,23,24)/b22-19-/t16-/m1/s1. The van der Waals surface area contributed by atoms with E-state index in [0.29, 0.717) is 17.0 Å². The minimum atomic E-state index is -1.77. The maximum absolute atomic E-state index is 12.9. The van der Waals surface area contributed by atoms with Crippen molar-refractivity contribution in [3.63, 3.8) is 0 Å². The second-order valence-electron chi connectivity index (χ2n) is 6.48. The summed E-state index contributed by atoms with van der Waals surface area (Å²) in [5.74, 6) is -0.0963. The van der Waals surface area contributed by atoms with Crippen molar-refractivity contribution in [2.24, 2.45) is 11.0 Å². The van der Waals surface area contributed by atoms with Gasteiger partial charge in [0.15, 0.2) is 5.60 Å². The Bertz CT molecular complexity index is 702. The summed E-state index contributed by atoms with van der Waals surface area (Å²) < 4.78 is 0. The van der Waals surface area contributed by atoms with Crippen molar-refractivity contribution in [1.29, 1.82) is 0 Å². The lowest BCUT2D eigenvalue weighted by molar-refractivity contribution is -0.136. The normalized spacial score (nSPS) is 19.1. The van der Waals surface area contributed by atoms with E-state index in [-0.39, 0.29) is 0 Å². The molecule has 1 amide bonds. The maximum Gasteiger partial charge on any atom is 0.281 e. The third-order valence-corrected chi connectivity index (χ3v) is 4.96. The van der Waals surface area contributed by atoms with Gasteiger partial charge in [-0.05, 0) is 42.7 Å². The van der Waals surface area contributed by atoms with Crippen LogP contribution in [0.25, 0.3) is 0 Å². The van der Waals surface area contributed by atoms with Gasteiger partial charge in [0.25, 0.3) is 5.91 Å². The second kappa shape index (κ2) is 7.62. The Labute approximate surface area is 148 Å². The van der Waals surface area contributed by atoms with Crippen LogP contribution in [0.2, 0.25) is 0 Å². The van der Waals surface area contributed by atoms with Gasteiger partial charge in [-0.3, -0.25) is 4.79 Å². The number of carbonyl (C=O) groups is 1. The van der Waals surface area contributed by atoms with Crippen LogP contribution in [0.1, 0.15) is 43.7 Å². The topological polar surface area (TPSA) is 61.7 Å². The van der Waals surface area contributed by atoms with E-state index in [0.717, 1.165) is 31.4 Å². The van der Waals surface area contributed by atoms with Gasteiger partial charge in [-0.25, -0.2) is 5.43 Å². The number of benzene rings is 2. The summed E-state index contributed by atoms with van der Waals surface area (Å²) in [7, 11) is 0. The molecule has 1 saturated carbocycles. The first kappa shape index (κ1) is 17.4. The lowest BCUT2D eigenvalue weighted by atomic mass is 9.85. The molecule has 25 heavy (non-hydrogen) atoms. The van der Waals surface area contributed by atoms with Crippen molar-refractivity contribution >= 4 is 11.6 Å². The van der Waals surface area contributed by atoms with Gasteiger partial charge < -0.3 is 5.11 Å². The second-order valence-corrected chi connectivity index (χ2v) is 6.48. The highest BCUT2D eigenvalue weighted by Crippen LogP contribution is 2.30. The molecule has 1 atom stereocenters. The zero-order valence-corrected chi connectivity index (χ0v) is 14.5. The number of nitrogens with zero attached hydrogens (tertiary/aromatic N) is 1. The first-order valence-corrected chi connectivity index (χ1v) is 8.86. The maximum atomic E-state index is 12.9. The Morgan fingerprint density at radius 1 is 1.12 bits per heavy atom. The molecule has 0 bridgehead atoms. The molecule has 0 aliphatic heterocycles. The van der Waals surface area contributed by atoms with Crippen molar-refractivity contribution in [2.75, 3.05) is 0 Å². The van der Waals surface area contributed by atoms with Crippen LogP contribution in [-0.2, 0) is 10.4 Å². The van der Waals surface area contributed by atoms with Gasteiger partial charge >= 0.3 is 0 Å². The molecule has 0 aromatic heterocycles. The fourth-order valence-corrected chi connectivity index (χ4v) is 3.48.